The molecular formula is C19H31NO. The van der Waals surface area contributed by atoms with Gasteiger partial charge in [0.15, 0.2) is 0 Å². The summed E-state index contributed by atoms with van der Waals surface area (Å²) in [5.74, 6) is 1.71. The van der Waals surface area contributed by atoms with Gasteiger partial charge in [-0.05, 0) is 61.6 Å². The Morgan fingerprint density at radius 3 is 2.76 bits per heavy atom. The van der Waals surface area contributed by atoms with E-state index < -0.39 is 0 Å². The van der Waals surface area contributed by atoms with Crippen LogP contribution in [0.2, 0.25) is 0 Å². The van der Waals surface area contributed by atoms with Crippen molar-refractivity contribution in [3.63, 3.8) is 0 Å². The highest BCUT2D eigenvalue weighted by molar-refractivity contribution is 5.58. The predicted octanol–water partition coefficient (Wildman–Crippen LogP) is 5.41. The Hall–Kier alpha value is -1.18. The van der Waals surface area contributed by atoms with Gasteiger partial charge in [0.1, 0.15) is 5.75 Å². The zero-order valence-corrected chi connectivity index (χ0v) is 14.3. The van der Waals surface area contributed by atoms with Crippen molar-refractivity contribution in [2.24, 2.45) is 11.3 Å². The Bertz CT molecular complexity index is 467. The first-order valence-corrected chi connectivity index (χ1v) is 8.41. The fraction of sp³-hybridized carbons (Fsp3) is 0.684. The van der Waals surface area contributed by atoms with E-state index in [9.17, 15) is 0 Å². The quantitative estimate of drug-likeness (QED) is 0.782. The Morgan fingerprint density at radius 1 is 1.33 bits per heavy atom. The topological polar surface area (TPSA) is 21.3 Å². The fourth-order valence-corrected chi connectivity index (χ4v) is 3.44. The van der Waals surface area contributed by atoms with Crippen LogP contribution in [-0.2, 0) is 0 Å². The molecule has 0 spiro atoms. The molecule has 1 fully saturated rings. The van der Waals surface area contributed by atoms with Crippen LogP contribution in [0.15, 0.2) is 18.2 Å². The van der Waals surface area contributed by atoms with Gasteiger partial charge in [0.25, 0.3) is 0 Å². The Balaban J connectivity index is 2.08. The second-order valence-electron chi connectivity index (χ2n) is 7.48. The maximum atomic E-state index is 5.92. The Labute approximate surface area is 130 Å². The van der Waals surface area contributed by atoms with Gasteiger partial charge in [0.2, 0.25) is 0 Å². The van der Waals surface area contributed by atoms with Crippen LogP contribution in [-0.4, -0.2) is 12.6 Å². The molecule has 0 aromatic heterocycles. The molecule has 118 valence electrons. The largest absolute Gasteiger partial charge is 0.491 e. The van der Waals surface area contributed by atoms with Crippen molar-refractivity contribution in [2.75, 3.05) is 11.9 Å². The van der Waals surface area contributed by atoms with E-state index in [4.69, 9.17) is 4.74 Å². The summed E-state index contributed by atoms with van der Waals surface area (Å²) in [6.07, 6.45) is 4.88. The zero-order valence-electron chi connectivity index (χ0n) is 14.3. The van der Waals surface area contributed by atoms with E-state index in [2.05, 4.69) is 58.1 Å². The van der Waals surface area contributed by atoms with Crippen LogP contribution < -0.4 is 10.1 Å². The van der Waals surface area contributed by atoms with E-state index in [1.165, 1.54) is 24.8 Å². The molecule has 1 aromatic carbocycles. The van der Waals surface area contributed by atoms with E-state index in [-0.39, 0.29) is 0 Å². The molecule has 0 heterocycles. The fourth-order valence-electron chi connectivity index (χ4n) is 3.44. The monoisotopic (exact) mass is 289 g/mol. The molecule has 1 aromatic rings. The molecule has 1 aliphatic rings. The second kappa shape index (κ2) is 6.72. The van der Waals surface area contributed by atoms with Gasteiger partial charge >= 0.3 is 0 Å². The number of anilines is 1. The van der Waals surface area contributed by atoms with E-state index >= 15 is 0 Å². The SMILES string of the molecule is CCCOc1cc(C)ccc1NC1CCC(C)(C)CC1C. The summed E-state index contributed by atoms with van der Waals surface area (Å²) in [5.41, 5.74) is 2.90. The Morgan fingerprint density at radius 2 is 2.10 bits per heavy atom. The molecule has 1 saturated carbocycles. The smallest absolute Gasteiger partial charge is 0.142 e. The van der Waals surface area contributed by atoms with E-state index in [0.717, 1.165) is 24.5 Å². The molecule has 0 saturated heterocycles. The van der Waals surface area contributed by atoms with Crippen LogP contribution in [0, 0.1) is 18.3 Å². The van der Waals surface area contributed by atoms with Gasteiger partial charge < -0.3 is 10.1 Å². The molecule has 1 aliphatic carbocycles. The van der Waals surface area contributed by atoms with Gasteiger partial charge in [-0.2, -0.15) is 0 Å². The summed E-state index contributed by atoms with van der Waals surface area (Å²) < 4.78 is 5.92. The summed E-state index contributed by atoms with van der Waals surface area (Å²) in [5, 5.41) is 3.75. The number of benzene rings is 1. The van der Waals surface area contributed by atoms with Gasteiger partial charge in [-0.25, -0.2) is 0 Å². The number of aryl methyl sites for hydroxylation is 1. The molecule has 2 atom stereocenters. The van der Waals surface area contributed by atoms with E-state index in [1.54, 1.807) is 0 Å². The van der Waals surface area contributed by atoms with Crippen LogP contribution >= 0.6 is 0 Å². The predicted molar refractivity (Wildman–Crippen MR) is 91.2 cm³/mol. The van der Waals surface area contributed by atoms with Crippen LogP contribution in [0.25, 0.3) is 0 Å². The van der Waals surface area contributed by atoms with Gasteiger partial charge in [-0.15, -0.1) is 0 Å². The highest BCUT2D eigenvalue weighted by Gasteiger charge is 2.32. The van der Waals surface area contributed by atoms with Gasteiger partial charge in [0.05, 0.1) is 12.3 Å². The summed E-state index contributed by atoms with van der Waals surface area (Å²) >= 11 is 0. The van der Waals surface area contributed by atoms with E-state index in [1.807, 2.05) is 0 Å². The highest BCUT2D eigenvalue weighted by atomic mass is 16.5. The minimum absolute atomic E-state index is 0.492. The van der Waals surface area contributed by atoms with Gasteiger partial charge in [0, 0.05) is 6.04 Å². The minimum atomic E-state index is 0.492. The third kappa shape index (κ3) is 4.39. The lowest BCUT2D eigenvalue weighted by Crippen LogP contribution is -2.36. The molecule has 0 amide bonds. The van der Waals surface area contributed by atoms with Crippen molar-refractivity contribution < 1.29 is 4.74 Å². The molecule has 2 unspecified atom stereocenters. The highest BCUT2D eigenvalue weighted by Crippen LogP contribution is 2.40. The summed E-state index contributed by atoms with van der Waals surface area (Å²) in [7, 11) is 0. The second-order valence-corrected chi connectivity index (χ2v) is 7.48. The number of ether oxygens (including phenoxy) is 1. The van der Waals surface area contributed by atoms with Crippen molar-refractivity contribution in [1.82, 2.24) is 0 Å². The summed E-state index contributed by atoms with van der Waals surface area (Å²) in [6.45, 7) is 12.2. The molecule has 21 heavy (non-hydrogen) atoms. The zero-order chi connectivity index (χ0) is 15.5. The van der Waals surface area contributed by atoms with Crippen molar-refractivity contribution in [1.29, 1.82) is 0 Å². The molecular weight excluding hydrogens is 258 g/mol. The first kappa shape index (κ1) is 16.2. The lowest BCUT2D eigenvalue weighted by Gasteiger charge is -2.40. The van der Waals surface area contributed by atoms with Crippen molar-refractivity contribution in [3.8, 4) is 5.75 Å². The van der Waals surface area contributed by atoms with Crippen LogP contribution in [0.4, 0.5) is 5.69 Å². The number of hydrogen-bond acceptors (Lipinski definition) is 2. The molecule has 1 N–H and O–H groups in total. The van der Waals surface area contributed by atoms with Crippen LogP contribution in [0.5, 0.6) is 5.75 Å². The average molecular weight is 289 g/mol. The number of nitrogens with one attached hydrogen (secondary N) is 1. The lowest BCUT2D eigenvalue weighted by atomic mass is 9.70. The number of hydrogen-bond donors (Lipinski definition) is 1. The molecule has 2 heteroatoms. The molecule has 0 aliphatic heterocycles. The number of rotatable bonds is 5. The standard InChI is InChI=1S/C19H31NO/c1-6-11-21-18-12-14(2)7-8-17(18)20-16-9-10-19(4,5)13-15(16)3/h7-8,12,15-16,20H,6,9-11,13H2,1-5H3. The molecule has 2 rings (SSSR count). The third-order valence-corrected chi connectivity index (χ3v) is 4.63. The van der Waals surface area contributed by atoms with Crippen molar-refractivity contribution in [3.05, 3.63) is 23.8 Å². The van der Waals surface area contributed by atoms with Gasteiger partial charge in [-0.3, -0.25) is 0 Å². The third-order valence-electron chi connectivity index (χ3n) is 4.63. The summed E-state index contributed by atoms with van der Waals surface area (Å²) in [4.78, 5) is 0. The van der Waals surface area contributed by atoms with Crippen molar-refractivity contribution in [2.45, 2.75) is 66.3 Å². The normalized spacial score (nSPS) is 24.6. The van der Waals surface area contributed by atoms with E-state index in [0.29, 0.717) is 17.4 Å². The first-order valence-electron chi connectivity index (χ1n) is 8.41. The lowest BCUT2D eigenvalue weighted by molar-refractivity contribution is 0.177. The van der Waals surface area contributed by atoms with Crippen LogP contribution in [0.1, 0.15) is 58.9 Å². The van der Waals surface area contributed by atoms with Gasteiger partial charge in [-0.1, -0.05) is 33.8 Å². The molecule has 0 radical (unpaired) electrons. The summed E-state index contributed by atoms with van der Waals surface area (Å²) in [6, 6.07) is 7.05. The first-order chi connectivity index (χ1) is 9.91. The van der Waals surface area contributed by atoms with Crippen molar-refractivity contribution >= 4 is 5.69 Å². The average Bonchev–Trinajstić information content (AvgIpc) is 2.41. The van der Waals surface area contributed by atoms with Crippen LogP contribution in [0.3, 0.4) is 0 Å². The minimum Gasteiger partial charge on any atom is -0.491 e. The maximum Gasteiger partial charge on any atom is 0.142 e. The maximum absolute atomic E-state index is 5.92. The molecule has 2 nitrogen and oxygen atoms in total. The Kier molecular flexibility index (Phi) is 5.18. The molecule has 0 bridgehead atoms.